The van der Waals surface area contributed by atoms with E-state index in [-0.39, 0.29) is 17.2 Å². The average molecular weight is 330 g/mol. The van der Waals surface area contributed by atoms with E-state index in [4.69, 9.17) is 0 Å². The van der Waals surface area contributed by atoms with Crippen LogP contribution in [0.15, 0.2) is 0 Å². The van der Waals surface area contributed by atoms with Crippen molar-refractivity contribution in [1.82, 2.24) is 10.2 Å². The van der Waals surface area contributed by atoms with Crippen molar-refractivity contribution in [2.45, 2.75) is 58.4 Å². The van der Waals surface area contributed by atoms with E-state index in [2.05, 4.69) is 5.32 Å². The smallest absolute Gasteiger partial charge is 0.317 e. The predicted molar refractivity (Wildman–Crippen MR) is 88.6 cm³/mol. The van der Waals surface area contributed by atoms with Crippen LogP contribution in [0.4, 0.5) is 4.79 Å². The van der Waals surface area contributed by atoms with Gasteiger partial charge in [0.05, 0.1) is 5.75 Å². The SMILES string of the molecule is CC(C)(CCS(C)(=O)=O)CNC(=O)N1CCC[C@@H]2CCC[C@H]21. The largest absolute Gasteiger partial charge is 0.337 e. The van der Waals surface area contributed by atoms with Crippen LogP contribution in [0.2, 0.25) is 0 Å². The molecule has 0 aromatic carbocycles. The highest BCUT2D eigenvalue weighted by atomic mass is 32.2. The minimum Gasteiger partial charge on any atom is -0.337 e. The van der Waals surface area contributed by atoms with Crippen molar-refractivity contribution in [1.29, 1.82) is 0 Å². The monoisotopic (exact) mass is 330 g/mol. The molecule has 0 radical (unpaired) electrons. The first kappa shape index (κ1) is 17.6. The van der Waals surface area contributed by atoms with E-state index in [0.717, 1.165) is 19.4 Å². The number of urea groups is 1. The van der Waals surface area contributed by atoms with Crippen LogP contribution in [-0.4, -0.2) is 50.5 Å². The Kier molecular flexibility index (Phi) is 5.41. The Morgan fingerprint density at radius 2 is 1.91 bits per heavy atom. The second kappa shape index (κ2) is 6.77. The molecule has 128 valence electrons. The number of fused-ring (bicyclic) bond motifs is 1. The molecule has 1 aliphatic heterocycles. The summed E-state index contributed by atoms with van der Waals surface area (Å²) in [5, 5.41) is 3.03. The first-order valence-corrected chi connectivity index (χ1v) is 10.5. The topological polar surface area (TPSA) is 66.5 Å². The highest BCUT2D eigenvalue weighted by Crippen LogP contribution is 2.36. The summed E-state index contributed by atoms with van der Waals surface area (Å²) in [6, 6.07) is 0.455. The number of rotatable bonds is 5. The maximum absolute atomic E-state index is 12.5. The Balaban J connectivity index is 1.83. The van der Waals surface area contributed by atoms with Crippen LogP contribution in [0.3, 0.4) is 0 Å². The fourth-order valence-electron chi connectivity index (χ4n) is 3.67. The number of hydrogen-bond donors (Lipinski definition) is 1. The molecule has 1 saturated carbocycles. The molecule has 0 unspecified atom stereocenters. The van der Waals surface area contributed by atoms with Gasteiger partial charge in [-0.25, -0.2) is 13.2 Å². The van der Waals surface area contributed by atoms with Gasteiger partial charge in [-0.2, -0.15) is 0 Å². The molecule has 1 saturated heterocycles. The molecule has 0 aromatic rings. The van der Waals surface area contributed by atoms with Gasteiger partial charge in [-0.05, 0) is 43.4 Å². The van der Waals surface area contributed by atoms with Crippen LogP contribution in [0.25, 0.3) is 0 Å². The van der Waals surface area contributed by atoms with E-state index in [1.807, 2.05) is 18.7 Å². The van der Waals surface area contributed by atoms with E-state index >= 15 is 0 Å². The van der Waals surface area contributed by atoms with Crippen molar-refractivity contribution in [3.05, 3.63) is 0 Å². The summed E-state index contributed by atoms with van der Waals surface area (Å²) < 4.78 is 22.6. The zero-order valence-corrected chi connectivity index (χ0v) is 14.9. The number of likely N-dealkylation sites (tertiary alicyclic amines) is 1. The normalized spacial score (nSPS) is 25.9. The quantitative estimate of drug-likeness (QED) is 0.842. The van der Waals surface area contributed by atoms with Crippen LogP contribution in [0.1, 0.15) is 52.4 Å². The average Bonchev–Trinajstić information content (AvgIpc) is 2.90. The van der Waals surface area contributed by atoms with Crippen LogP contribution in [0, 0.1) is 11.3 Å². The molecule has 2 rings (SSSR count). The molecular formula is C16H30N2O3S. The summed E-state index contributed by atoms with van der Waals surface area (Å²) >= 11 is 0. The molecule has 1 heterocycles. The number of hydrogen-bond acceptors (Lipinski definition) is 3. The lowest BCUT2D eigenvalue weighted by Crippen LogP contribution is -2.51. The number of piperidine rings is 1. The maximum Gasteiger partial charge on any atom is 0.317 e. The summed E-state index contributed by atoms with van der Waals surface area (Å²) in [6.45, 7) is 5.39. The molecule has 2 fully saturated rings. The van der Waals surface area contributed by atoms with Gasteiger partial charge in [-0.3, -0.25) is 0 Å². The van der Waals surface area contributed by atoms with E-state index in [9.17, 15) is 13.2 Å². The Morgan fingerprint density at radius 3 is 2.59 bits per heavy atom. The van der Waals surface area contributed by atoms with E-state index in [0.29, 0.717) is 24.9 Å². The number of carbonyl (C=O) groups excluding carboxylic acids is 1. The third-order valence-electron chi connectivity index (χ3n) is 5.12. The molecule has 6 heteroatoms. The maximum atomic E-state index is 12.5. The minimum atomic E-state index is -2.95. The summed E-state index contributed by atoms with van der Waals surface area (Å²) in [6.07, 6.45) is 7.82. The summed E-state index contributed by atoms with van der Waals surface area (Å²) in [4.78, 5) is 14.5. The van der Waals surface area contributed by atoms with E-state index in [1.54, 1.807) is 0 Å². The number of nitrogens with zero attached hydrogens (tertiary/aromatic N) is 1. The van der Waals surface area contributed by atoms with Crippen LogP contribution < -0.4 is 5.32 Å². The lowest BCUT2D eigenvalue weighted by atomic mass is 9.90. The van der Waals surface area contributed by atoms with Gasteiger partial charge in [-0.15, -0.1) is 0 Å². The number of amides is 2. The van der Waals surface area contributed by atoms with Gasteiger partial charge in [0.1, 0.15) is 9.84 Å². The lowest BCUT2D eigenvalue weighted by Gasteiger charge is -2.38. The van der Waals surface area contributed by atoms with Crippen molar-refractivity contribution in [3.8, 4) is 0 Å². The summed E-state index contributed by atoms with van der Waals surface area (Å²) in [5.41, 5.74) is -0.205. The fraction of sp³-hybridized carbons (Fsp3) is 0.938. The lowest BCUT2D eigenvalue weighted by molar-refractivity contribution is 0.125. The predicted octanol–water partition coefficient (Wildman–Crippen LogP) is 2.42. The van der Waals surface area contributed by atoms with Gasteiger partial charge < -0.3 is 10.2 Å². The standard InChI is InChI=1S/C16H30N2O3S/c1-16(2,9-11-22(3,20)21)12-17-15(19)18-10-5-7-13-6-4-8-14(13)18/h13-14H,4-12H2,1-3H3,(H,17,19)/t13-,14+/m0/s1. The highest BCUT2D eigenvalue weighted by Gasteiger charge is 2.37. The van der Waals surface area contributed by atoms with Crippen molar-refractivity contribution in [3.63, 3.8) is 0 Å². The van der Waals surface area contributed by atoms with Crippen LogP contribution >= 0.6 is 0 Å². The molecule has 1 aliphatic carbocycles. The number of nitrogens with one attached hydrogen (secondary N) is 1. The molecular weight excluding hydrogens is 300 g/mol. The second-order valence-electron chi connectivity index (χ2n) is 7.80. The van der Waals surface area contributed by atoms with E-state index in [1.165, 1.54) is 25.5 Å². The van der Waals surface area contributed by atoms with Gasteiger partial charge in [0.15, 0.2) is 0 Å². The molecule has 2 atom stereocenters. The summed E-state index contributed by atoms with van der Waals surface area (Å²) in [5.74, 6) is 0.863. The zero-order valence-electron chi connectivity index (χ0n) is 14.1. The molecule has 1 N–H and O–H groups in total. The summed E-state index contributed by atoms with van der Waals surface area (Å²) in [7, 11) is -2.95. The van der Waals surface area contributed by atoms with Gasteiger partial charge in [0.25, 0.3) is 0 Å². The number of carbonyl (C=O) groups is 1. The molecule has 22 heavy (non-hydrogen) atoms. The molecule has 2 aliphatic rings. The fourth-order valence-corrected chi connectivity index (χ4v) is 4.60. The Bertz CT molecular complexity index is 502. The van der Waals surface area contributed by atoms with E-state index < -0.39 is 9.84 Å². The number of sulfone groups is 1. The molecule has 0 bridgehead atoms. The van der Waals surface area contributed by atoms with Crippen molar-refractivity contribution >= 4 is 15.9 Å². The van der Waals surface area contributed by atoms with Gasteiger partial charge in [0, 0.05) is 25.4 Å². The Morgan fingerprint density at radius 1 is 1.23 bits per heavy atom. The third kappa shape index (κ3) is 4.86. The van der Waals surface area contributed by atoms with Crippen LogP contribution in [-0.2, 0) is 9.84 Å². The molecule has 5 nitrogen and oxygen atoms in total. The van der Waals surface area contributed by atoms with Crippen molar-refractivity contribution in [2.75, 3.05) is 25.1 Å². The molecule has 2 amide bonds. The first-order valence-electron chi connectivity index (χ1n) is 8.40. The Hall–Kier alpha value is -0.780. The third-order valence-corrected chi connectivity index (χ3v) is 6.07. The molecule has 0 spiro atoms. The zero-order chi connectivity index (χ0) is 16.4. The van der Waals surface area contributed by atoms with Gasteiger partial charge in [0.2, 0.25) is 0 Å². The first-order chi connectivity index (χ1) is 10.2. The second-order valence-corrected chi connectivity index (χ2v) is 10.1. The Labute approximate surface area is 134 Å². The van der Waals surface area contributed by atoms with Crippen molar-refractivity contribution in [2.24, 2.45) is 11.3 Å². The van der Waals surface area contributed by atoms with Crippen LogP contribution in [0.5, 0.6) is 0 Å². The van der Waals surface area contributed by atoms with Gasteiger partial charge >= 0.3 is 6.03 Å². The minimum absolute atomic E-state index is 0.0315. The van der Waals surface area contributed by atoms with Crippen molar-refractivity contribution < 1.29 is 13.2 Å². The molecule has 0 aromatic heterocycles. The highest BCUT2D eigenvalue weighted by molar-refractivity contribution is 7.90. The van der Waals surface area contributed by atoms with Gasteiger partial charge in [-0.1, -0.05) is 20.3 Å².